The number of fused-ring (bicyclic) bond motifs is 2. The summed E-state index contributed by atoms with van der Waals surface area (Å²) >= 11 is 0. The van der Waals surface area contributed by atoms with Crippen LogP contribution in [0, 0.1) is 0 Å². The number of aryl methyl sites for hydroxylation is 2. The molecule has 0 radical (unpaired) electrons. The maximum absolute atomic E-state index is 12.7. The number of para-hydroxylation sites is 2. The van der Waals surface area contributed by atoms with Crippen molar-refractivity contribution in [3.63, 3.8) is 0 Å². The molecule has 1 aromatic heterocycles. The molecule has 3 aromatic rings. The smallest absolute Gasteiger partial charge is 0.329 e. The molecule has 0 atom stereocenters. The number of rotatable bonds is 6. The molecule has 1 amide bonds. The molecule has 2 aromatic carbocycles. The highest BCUT2D eigenvalue weighted by Crippen LogP contribution is 2.37. The molecule has 4 rings (SSSR count). The van der Waals surface area contributed by atoms with Crippen LogP contribution in [0.4, 0.5) is 5.69 Å². The van der Waals surface area contributed by atoms with Crippen LogP contribution in [0.15, 0.2) is 41.2 Å². The van der Waals surface area contributed by atoms with Crippen LogP contribution in [0.1, 0.15) is 30.6 Å². The van der Waals surface area contributed by atoms with Gasteiger partial charge in [0.1, 0.15) is 0 Å². The van der Waals surface area contributed by atoms with Gasteiger partial charge in [-0.3, -0.25) is 18.7 Å². The van der Waals surface area contributed by atoms with Crippen molar-refractivity contribution in [2.45, 2.75) is 33.4 Å². The molecule has 0 saturated carbocycles. The van der Waals surface area contributed by atoms with Gasteiger partial charge in [0.05, 0.1) is 16.7 Å². The largest absolute Gasteiger partial charge is 0.454 e. The van der Waals surface area contributed by atoms with Crippen molar-refractivity contribution in [3.05, 3.63) is 52.4 Å². The third-order valence-corrected chi connectivity index (χ3v) is 4.97. The maximum Gasteiger partial charge on any atom is 0.329 e. The molecule has 0 bridgehead atoms. The number of nitrogens with one attached hydrogen (secondary N) is 1. The Labute approximate surface area is 166 Å². The van der Waals surface area contributed by atoms with Gasteiger partial charge in [0, 0.05) is 31.1 Å². The van der Waals surface area contributed by atoms with E-state index in [4.69, 9.17) is 9.47 Å². The zero-order valence-electron chi connectivity index (χ0n) is 16.2. The van der Waals surface area contributed by atoms with Crippen molar-refractivity contribution in [2.24, 2.45) is 0 Å². The predicted molar refractivity (Wildman–Crippen MR) is 108 cm³/mol. The minimum absolute atomic E-state index is 0.0779. The lowest BCUT2D eigenvalue weighted by molar-refractivity contribution is -0.116. The maximum atomic E-state index is 12.7. The van der Waals surface area contributed by atoms with Gasteiger partial charge < -0.3 is 14.8 Å². The van der Waals surface area contributed by atoms with Gasteiger partial charge in [0.15, 0.2) is 17.3 Å². The highest BCUT2D eigenvalue weighted by atomic mass is 16.7. The second-order valence-corrected chi connectivity index (χ2v) is 6.77. The zero-order chi connectivity index (χ0) is 20.5. The van der Waals surface area contributed by atoms with E-state index < -0.39 is 0 Å². The number of ether oxygens (including phenoxy) is 2. The summed E-state index contributed by atoms with van der Waals surface area (Å²) in [4.78, 5) is 37.2. The Bertz CT molecular complexity index is 1180. The number of amides is 1. The van der Waals surface area contributed by atoms with E-state index in [1.165, 1.54) is 6.92 Å². The van der Waals surface area contributed by atoms with Crippen molar-refractivity contribution in [2.75, 3.05) is 12.1 Å². The number of nitrogens with zero attached hydrogens (tertiary/aromatic N) is 2. The molecule has 1 aliphatic heterocycles. The molecule has 0 saturated heterocycles. The van der Waals surface area contributed by atoms with Crippen molar-refractivity contribution >= 4 is 28.4 Å². The van der Waals surface area contributed by atoms with E-state index in [1.807, 2.05) is 31.2 Å². The van der Waals surface area contributed by atoms with Crippen LogP contribution in [0.2, 0.25) is 0 Å². The number of anilines is 1. The van der Waals surface area contributed by atoms with E-state index >= 15 is 0 Å². The van der Waals surface area contributed by atoms with Crippen molar-refractivity contribution in [3.8, 4) is 11.5 Å². The average Bonchev–Trinajstić information content (AvgIpc) is 3.26. The first-order valence-corrected chi connectivity index (χ1v) is 9.42. The predicted octanol–water partition coefficient (Wildman–Crippen LogP) is 2.78. The van der Waals surface area contributed by atoms with Crippen LogP contribution in [0.3, 0.4) is 0 Å². The molecular weight excluding hydrogens is 374 g/mol. The van der Waals surface area contributed by atoms with Gasteiger partial charge in [-0.15, -0.1) is 0 Å². The summed E-state index contributed by atoms with van der Waals surface area (Å²) in [6.45, 7) is 4.20. The number of carbonyl (C=O) groups is 2. The van der Waals surface area contributed by atoms with Gasteiger partial charge >= 0.3 is 5.69 Å². The van der Waals surface area contributed by atoms with Crippen molar-refractivity contribution < 1.29 is 19.1 Å². The molecule has 150 valence electrons. The van der Waals surface area contributed by atoms with Gasteiger partial charge in [0.25, 0.3) is 0 Å². The van der Waals surface area contributed by atoms with E-state index in [1.54, 1.807) is 21.3 Å². The molecular formula is C21H21N3O5. The number of hydrogen-bond acceptors (Lipinski definition) is 5. The molecule has 1 aliphatic rings. The molecule has 8 heteroatoms. The third kappa shape index (κ3) is 3.37. The number of benzene rings is 2. The van der Waals surface area contributed by atoms with E-state index in [0.29, 0.717) is 29.3 Å². The molecule has 0 aliphatic carbocycles. The van der Waals surface area contributed by atoms with Crippen LogP contribution < -0.4 is 20.5 Å². The Morgan fingerprint density at radius 2 is 1.72 bits per heavy atom. The second-order valence-electron chi connectivity index (χ2n) is 6.77. The highest BCUT2D eigenvalue weighted by Gasteiger charge is 2.20. The quantitative estimate of drug-likeness (QED) is 0.648. The van der Waals surface area contributed by atoms with Crippen LogP contribution in [-0.4, -0.2) is 27.6 Å². The molecule has 29 heavy (non-hydrogen) atoms. The van der Waals surface area contributed by atoms with Gasteiger partial charge in [-0.25, -0.2) is 4.79 Å². The van der Waals surface area contributed by atoms with Crippen LogP contribution in [-0.2, 0) is 17.9 Å². The molecule has 0 spiro atoms. The fraction of sp³-hybridized carbons (Fsp3) is 0.286. The van der Waals surface area contributed by atoms with Gasteiger partial charge in [-0.1, -0.05) is 12.1 Å². The molecule has 1 N–H and O–H groups in total. The second kappa shape index (κ2) is 7.46. The summed E-state index contributed by atoms with van der Waals surface area (Å²) in [5.74, 6) is 0.465. The normalized spacial score (nSPS) is 12.3. The number of imidazole rings is 1. The van der Waals surface area contributed by atoms with Crippen molar-refractivity contribution in [1.29, 1.82) is 0 Å². The standard InChI is InChI=1S/C21H21N3O5/c1-3-23-16-6-4-5-7-17(16)24(21(23)27)9-8-20(26)22-15-11-19-18(28-12-29-19)10-14(15)13(2)25/h4-7,10-11H,3,8-9,12H2,1-2H3,(H,22,26). The van der Waals surface area contributed by atoms with Gasteiger partial charge in [-0.2, -0.15) is 0 Å². The van der Waals surface area contributed by atoms with E-state index in [0.717, 1.165) is 11.0 Å². The summed E-state index contributed by atoms with van der Waals surface area (Å²) < 4.78 is 13.9. The number of ketones is 1. The summed E-state index contributed by atoms with van der Waals surface area (Å²) in [6.07, 6.45) is 0.0867. The van der Waals surface area contributed by atoms with Gasteiger partial charge in [0.2, 0.25) is 12.7 Å². The average molecular weight is 395 g/mol. The number of aromatic nitrogens is 2. The Morgan fingerprint density at radius 3 is 2.38 bits per heavy atom. The minimum atomic E-state index is -0.299. The molecule has 2 heterocycles. The van der Waals surface area contributed by atoms with Crippen LogP contribution in [0.5, 0.6) is 11.5 Å². The number of hydrogen-bond donors (Lipinski definition) is 1. The van der Waals surface area contributed by atoms with Crippen molar-refractivity contribution in [1.82, 2.24) is 9.13 Å². The highest BCUT2D eigenvalue weighted by molar-refractivity contribution is 6.04. The number of Topliss-reactive ketones (excluding diaryl/α,β-unsaturated/α-hetero) is 1. The first-order valence-electron chi connectivity index (χ1n) is 9.42. The first-order chi connectivity index (χ1) is 14.0. The number of carbonyl (C=O) groups excluding carboxylic acids is 2. The summed E-state index contributed by atoms with van der Waals surface area (Å²) in [5, 5.41) is 2.76. The fourth-order valence-electron chi connectivity index (χ4n) is 3.56. The molecule has 0 fully saturated rings. The SMILES string of the molecule is CCn1c(=O)n(CCC(=O)Nc2cc3c(cc2C(C)=O)OCO3)c2ccccc21. The Morgan fingerprint density at radius 1 is 1.07 bits per heavy atom. The first kappa shape index (κ1) is 18.8. The zero-order valence-corrected chi connectivity index (χ0v) is 16.2. The lowest BCUT2D eigenvalue weighted by Gasteiger charge is -2.11. The fourth-order valence-corrected chi connectivity index (χ4v) is 3.56. The summed E-state index contributed by atoms with van der Waals surface area (Å²) in [5.41, 5.74) is 2.21. The molecule has 0 unspecified atom stereocenters. The van der Waals surface area contributed by atoms with Crippen LogP contribution in [0.25, 0.3) is 11.0 Å². The Balaban J connectivity index is 1.55. The van der Waals surface area contributed by atoms with Gasteiger partial charge in [-0.05, 0) is 32.0 Å². The Hall–Kier alpha value is -3.55. The third-order valence-electron chi connectivity index (χ3n) is 4.97. The monoisotopic (exact) mass is 395 g/mol. The minimum Gasteiger partial charge on any atom is -0.454 e. The molecule has 8 nitrogen and oxygen atoms in total. The Kier molecular flexibility index (Phi) is 4.84. The van der Waals surface area contributed by atoms with E-state index in [9.17, 15) is 14.4 Å². The lowest BCUT2D eigenvalue weighted by Crippen LogP contribution is -2.26. The lowest BCUT2D eigenvalue weighted by atomic mass is 10.1. The van der Waals surface area contributed by atoms with E-state index in [2.05, 4.69) is 5.32 Å². The van der Waals surface area contributed by atoms with E-state index in [-0.39, 0.29) is 37.1 Å². The summed E-state index contributed by atoms with van der Waals surface area (Å²) in [6, 6.07) is 10.7. The summed E-state index contributed by atoms with van der Waals surface area (Å²) in [7, 11) is 0. The topological polar surface area (TPSA) is 91.6 Å². The van der Waals surface area contributed by atoms with Crippen LogP contribution >= 0.6 is 0 Å².